The highest BCUT2D eigenvalue weighted by molar-refractivity contribution is 5.54. The third-order valence-corrected chi connectivity index (χ3v) is 3.52. The number of aryl methyl sites for hydroxylation is 1. The Kier molecular flexibility index (Phi) is 3.31. The van der Waals surface area contributed by atoms with Crippen LogP contribution in [-0.4, -0.2) is 11.0 Å². The van der Waals surface area contributed by atoms with E-state index in [2.05, 4.69) is 12.2 Å². The summed E-state index contributed by atoms with van der Waals surface area (Å²) in [7, 11) is 0. The molecule has 4 heteroatoms. The topological polar surface area (TPSA) is 55.2 Å². The molecule has 0 amide bonds. The molecule has 1 atom stereocenters. The van der Waals surface area contributed by atoms with Gasteiger partial charge < -0.3 is 5.32 Å². The molecule has 0 aromatic heterocycles. The molecule has 1 fully saturated rings. The lowest BCUT2D eigenvalue weighted by atomic mass is 9.80. The third-order valence-electron chi connectivity index (χ3n) is 3.52. The zero-order chi connectivity index (χ0) is 12.4. The van der Waals surface area contributed by atoms with Gasteiger partial charge in [-0.3, -0.25) is 10.1 Å². The third kappa shape index (κ3) is 2.75. The van der Waals surface area contributed by atoms with E-state index in [-0.39, 0.29) is 10.6 Å². The van der Waals surface area contributed by atoms with Gasteiger partial charge in [0.1, 0.15) is 0 Å². The van der Waals surface area contributed by atoms with Crippen LogP contribution in [0.3, 0.4) is 0 Å². The summed E-state index contributed by atoms with van der Waals surface area (Å²) in [5, 5.41) is 14.1. The molecule has 1 aliphatic rings. The van der Waals surface area contributed by atoms with E-state index in [1.807, 2.05) is 13.0 Å². The first-order chi connectivity index (χ1) is 8.06. The smallest absolute Gasteiger partial charge is 0.271 e. The van der Waals surface area contributed by atoms with Gasteiger partial charge in [-0.05, 0) is 44.2 Å². The van der Waals surface area contributed by atoms with Crippen molar-refractivity contribution in [3.8, 4) is 0 Å². The Morgan fingerprint density at radius 1 is 1.41 bits per heavy atom. The minimum absolute atomic E-state index is 0.160. The zero-order valence-corrected chi connectivity index (χ0v) is 10.3. The van der Waals surface area contributed by atoms with Gasteiger partial charge in [0.25, 0.3) is 5.69 Å². The van der Waals surface area contributed by atoms with Crippen LogP contribution >= 0.6 is 0 Å². The van der Waals surface area contributed by atoms with Crippen molar-refractivity contribution >= 4 is 11.4 Å². The van der Waals surface area contributed by atoms with Crippen molar-refractivity contribution in [2.24, 2.45) is 5.92 Å². The molecule has 1 unspecified atom stereocenters. The van der Waals surface area contributed by atoms with Gasteiger partial charge in [0.2, 0.25) is 0 Å². The van der Waals surface area contributed by atoms with Crippen LogP contribution in [0.2, 0.25) is 0 Å². The van der Waals surface area contributed by atoms with Gasteiger partial charge >= 0.3 is 0 Å². The minimum atomic E-state index is -0.341. The maximum atomic E-state index is 10.8. The minimum Gasteiger partial charge on any atom is -0.382 e. The molecule has 1 aliphatic carbocycles. The van der Waals surface area contributed by atoms with E-state index >= 15 is 0 Å². The summed E-state index contributed by atoms with van der Waals surface area (Å²) in [6.07, 6.45) is 3.84. The normalized spacial score (nSPS) is 17.3. The molecule has 0 saturated heterocycles. The maximum absolute atomic E-state index is 10.8. The predicted octanol–water partition coefficient (Wildman–Crippen LogP) is 3.50. The molecule has 92 valence electrons. The lowest BCUT2D eigenvalue weighted by Gasteiger charge is -2.32. The zero-order valence-electron chi connectivity index (χ0n) is 10.3. The first kappa shape index (κ1) is 11.9. The molecule has 4 nitrogen and oxygen atoms in total. The summed E-state index contributed by atoms with van der Waals surface area (Å²) in [6, 6.07) is 5.56. The van der Waals surface area contributed by atoms with E-state index in [0.29, 0.717) is 6.04 Å². The number of nitrogens with one attached hydrogen (secondary N) is 1. The Bertz CT molecular complexity index is 427. The maximum Gasteiger partial charge on any atom is 0.271 e. The van der Waals surface area contributed by atoms with Crippen molar-refractivity contribution < 1.29 is 4.92 Å². The number of anilines is 1. The van der Waals surface area contributed by atoms with Gasteiger partial charge in [-0.25, -0.2) is 0 Å². The summed E-state index contributed by atoms with van der Waals surface area (Å²) in [4.78, 5) is 10.4. The molecule has 17 heavy (non-hydrogen) atoms. The van der Waals surface area contributed by atoms with Crippen LogP contribution in [0.25, 0.3) is 0 Å². The Morgan fingerprint density at radius 3 is 2.65 bits per heavy atom. The van der Waals surface area contributed by atoms with Crippen LogP contribution in [0.15, 0.2) is 18.2 Å². The Hall–Kier alpha value is -1.58. The van der Waals surface area contributed by atoms with Gasteiger partial charge in [0, 0.05) is 23.9 Å². The number of non-ortho nitro benzene ring substituents is 1. The second-order valence-electron chi connectivity index (χ2n) is 4.94. The average Bonchev–Trinajstić information content (AvgIpc) is 2.13. The van der Waals surface area contributed by atoms with Gasteiger partial charge in [-0.2, -0.15) is 0 Å². The molecule has 0 aliphatic heterocycles. The second kappa shape index (κ2) is 4.73. The van der Waals surface area contributed by atoms with Gasteiger partial charge in [-0.15, -0.1) is 0 Å². The summed E-state index contributed by atoms with van der Waals surface area (Å²) >= 11 is 0. The van der Waals surface area contributed by atoms with E-state index in [1.54, 1.807) is 12.1 Å². The van der Waals surface area contributed by atoms with Crippen molar-refractivity contribution in [2.75, 3.05) is 5.32 Å². The number of hydrogen-bond donors (Lipinski definition) is 1. The van der Waals surface area contributed by atoms with Crippen molar-refractivity contribution in [3.05, 3.63) is 33.9 Å². The largest absolute Gasteiger partial charge is 0.382 e. The summed E-state index contributed by atoms with van der Waals surface area (Å²) in [6.45, 7) is 4.03. The van der Waals surface area contributed by atoms with Gasteiger partial charge in [0.05, 0.1) is 4.92 Å². The van der Waals surface area contributed by atoms with Gasteiger partial charge in [0.15, 0.2) is 0 Å². The quantitative estimate of drug-likeness (QED) is 0.640. The van der Waals surface area contributed by atoms with E-state index in [1.165, 1.54) is 19.3 Å². The molecule has 0 heterocycles. The van der Waals surface area contributed by atoms with E-state index < -0.39 is 0 Å². The molecule has 2 rings (SSSR count). The molecule has 0 radical (unpaired) electrons. The summed E-state index contributed by atoms with van der Waals surface area (Å²) in [5.41, 5.74) is 1.94. The van der Waals surface area contributed by atoms with Crippen LogP contribution in [0.1, 0.15) is 31.7 Å². The van der Waals surface area contributed by atoms with Crippen molar-refractivity contribution in [1.29, 1.82) is 0 Å². The van der Waals surface area contributed by atoms with E-state index in [4.69, 9.17) is 0 Å². The van der Waals surface area contributed by atoms with E-state index in [0.717, 1.165) is 17.2 Å². The van der Waals surface area contributed by atoms with Crippen LogP contribution in [-0.2, 0) is 0 Å². The molecule has 1 aromatic rings. The van der Waals surface area contributed by atoms with Gasteiger partial charge in [-0.1, -0.05) is 6.42 Å². The predicted molar refractivity (Wildman–Crippen MR) is 68.3 cm³/mol. The number of nitro benzene ring substituents is 1. The Labute approximate surface area is 101 Å². The molecular weight excluding hydrogens is 216 g/mol. The number of nitro groups is 1. The number of rotatable bonds is 4. The summed E-state index contributed by atoms with van der Waals surface area (Å²) in [5.74, 6) is 0.717. The number of hydrogen-bond acceptors (Lipinski definition) is 3. The van der Waals surface area contributed by atoms with Crippen LogP contribution in [0, 0.1) is 23.0 Å². The molecule has 1 N–H and O–H groups in total. The summed E-state index contributed by atoms with van der Waals surface area (Å²) < 4.78 is 0. The van der Waals surface area contributed by atoms with Crippen molar-refractivity contribution in [2.45, 2.75) is 39.2 Å². The lowest BCUT2D eigenvalue weighted by molar-refractivity contribution is -0.384. The highest BCUT2D eigenvalue weighted by Crippen LogP contribution is 2.31. The van der Waals surface area contributed by atoms with Crippen LogP contribution in [0.4, 0.5) is 11.4 Å². The molecule has 0 spiro atoms. The van der Waals surface area contributed by atoms with Crippen molar-refractivity contribution in [1.82, 2.24) is 0 Å². The highest BCUT2D eigenvalue weighted by Gasteiger charge is 2.24. The highest BCUT2D eigenvalue weighted by atomic mass is 16.6. The number of nitrogens with zero attached hydrogens (tertiary/aromatic N) is 1. The number of benzene rings is 1. The average molecular weight is 234 g/mol. The molecule has 0 bridgehead atoms. The van der Waals surface area contributed by atoms with E-state index in [9.17, 15) is 10.1 Å². The molecule has 1 aromatic carbocycles. The van der Waals surface area contributed by atoms with Crippen molar-refractivity contribution in [3.63, 3.8) is 0 Å². The first-order valence-electron chi connectivity index (χ1n) is 6.09. The Balaban J connectivity index is 2.11. The molecular formula is C13H18N2O2. The fourth-order valence-corrected chi connectivity index (χ4v) is 2.27. The Morgan fingerprint density at radius 2 is 2.12 bits per heavy atom. The fraction of sp³-hybridized carbons (Fsp3) is 0.538. The molecule has 1 saturated carbocycles. The standard InChI is InChI=1S/C13H18N2O2/c1-9-6-12(8-13(7-9)15(16)17)14-10(2)11-4-3-5-11/h6-8,10-11,14H,3-5H2,1-2H3. The first-order valence-corrected chi connectivity index (χ1v) is 6.09. The lowest BCUT2D eigenvalue weighted by Crippen LogP contribution is -2.30. The second-order valence-corrected chi connectivity index (χ2v) is 4.94. The monoisotopic (exact) mass is 234 g/mol. The van der Waals surface area contributed by atoms with Crippen LogP contribution in [0.5, 0.6) is 0 Å². The SMILES string of the molecule is Cc1cc(NC(C)C2CCC2)cc([N+](=O)[O-])c1. The van der Waals surface area contributed by atoms with Crippen LogP contribution < -0.4 is 5.32 Å². The fourth-order valence-electron chi connectivity index (χ4n) is 2.27.